The summed E-state index contributed by atoms with van der Waals surface area (Å²) in [5, 5.41) is 3.90. The second-order valence-corrected chi connectivity index (χ2v) is 6.78. The van der Waals surface area contributed by atoms with Crippen molar-refractivity contribution in [3.05, 3.63) is 57.6 Å². The average Bonchev–Trinajstić information content (AvgIpc) is 3.02. The quantitative estimate of drug-likeness (QED) is 0.815. The monoisotopic (exact) mass is 377 g/mol. The van der Waals surface area contributed by atoms with Crippen molar-refractivity contribution < 1.29 is 14.3 Å². The Labute approximate surface area is 156 Å². The summed E-state index contributed by atoms with van der Waals surface area (Å²) in [6.45, 7) is 0.698. The molecule has 0 saturated carbocycles. The van der Waals surface area contributed by atoms with Crippen LogP contribution in [0.4, 0.5) is 0 Å². The first-order valence-corrected chi connectivity index (χ1v) is 8.69. The fraction of sp³-hybridized carbons (Fsp3) is 0.263. The Hall–Kier alpha value is -2.04. The van der Waals surface area contributed by atoms with Gasteiger partial charge in [-0.15, -0.1) is 0 Å². The maximum absolute atomic E-state index is 11.8. The highest BCUT2D eigenvalue weighted by Gasteiger charge is 2.26. The molecule has 1 heterocycles. The van der Waals surface area contributed by atoms with Crippen molar-refractivity contribution in [3.8, 4) is 11.1 Å². The summed E-state index contributed by atoms with van der Waals surface area (Å²) in [4.78, 5) is 23.3. The molecular weight excluding hydrogens is 361 g/mol. The van der Waals surface area contributed by atoms with E-state index in [0.29, 0.717) is 28.6 Å². The topological polar surface area (TPSA) is 55.4 Å². The van der Waals surface area contributed by atoms with Gasteiger partial charge in [-0.05, 0) is 53.8 Å². The second-order valence-electron chi connectivity index (χ2n) is 5.97. The van der Waals surface area contributed by atoms with Crippen LogP contribution in [0.3, 0.4) is 0 Å². The molecule has 0 unspecified atom stereocenters. The zero-order valence-corrected chi connectivity index (χ0v) is 15.2. The summed E-state index contributed by atoms with van der Waals surface area (Å²) < 4.78 is 4.69. The van der Waals surface area contributed by atoms with Crippen molar-refractivity contribution in [1.29, 1.82) is 0 Å². The van der Waals surface area contributed by atoms with Crippen molar-refractivity contribution in [2.45, 2.75) is 12.8 Å². The van der Waals surface area contributed by atoms with Crippen LogP contribution in [-0.2, 0) is 16.0 Å². The van der Waals surface area contributed by atoms with Gasteiger partial charge < -0.3 is 10.1 Å². The number of rotatable bonds is 4. The van der Waals surface area contributed by atoms with Crippen LogP contribution in [0, 0.1) is 5.92 Å². The zero-order chi connectivity index (χ0) is 18.0. The van der Waals surface area contributed by atoms with Crippen LogP contribution < -0.4 is 5.32 Å². The van der Waals surface area contributed by atoms with E-state index >= 15 is 0 Å². The minimum atomic E-state index is -0.382. The lowest BCUT2D eigenvalue weighted by Crippen LogP contribution is -2.20. The first-order chi connectivity index (χ1) is 12.0. The highest BCUT2D eigenvalue weighted by atomic mass is 35.5. The first kappa shape index (κ1) is 17.8. The number of carbonyl (C=O) groups excluding carboxylic acids is 2. The van der Waals surface area contributed by atoms with Crippen LogP contribution in [0.5, 0.6) is 0 Å². The maximum Gasteiger partial charge on any atom is 0.337 e. The molecule has 130 valence electrons. The second kappa shape index (κ2) is 7.46. The molecule has 1 amide bonds. The molecule has 1 N–H and O–H groups in total. The van der Waals surface area contributed by atoms with E-state index in [1.165, 1.54) is 7.11 Å². The molecule has 0 bridgehead atoms. The number of carbonyl (C=O) groups is 2. The SMILES string of the molecule is COC(=O)c1ccc(-c2cc(Cl)c(C[C@@H]3CCNC3=O)c(Cl)c2)cc1. The van der Waals surface area contributed by atoms with E-state index in [1.54, 1.807) is 12.1 Å². The Balaban J connectivity index is 1.86. The van der Waals surface area contributed by atoms with Crippen molar-refractivity contribution in [1.82, 2.24) is 5.32 Å². The van der Waals surface area contributed by atoms with Gasteiger partial charge in [0.1, 0.15) is 0 Å². The minimum Gasteiger partial charge on any atom is -0.465 e. The van der Waals surface area contributed by atoms with E-state index in [2.05, 4.69) is 5.32 Å². The summed E-state index contributed by atoms with van der Waals surface area (Å²) in [6.07, 6.45) is 1.33. The molecule has 2 aromatic carbocycles. The molecule has 1 saturated heterocycles. The van der Waals surface area contributed by atoms with Crippen molar-refractivity contribution in [2.24, 2.45) is 5.92 Å². The fourth-order valence-electron chi connectivity index (χ4n) is 2.97. The Morgan fingerprint density at radius 2 is 1.80 bits per heavy atom. The summed E-state index contributed by atoms with van der Waals surface area (Å²) >= 11 is 12.8. The number of ether oxygens (including phenoxy) is 1. The van der Waals surface area contributed by atoms with E-state index in [9.17, 15) is 9.59 Å². The number of nitrogens with one attached hydrogen (secondary N) is 1. The molecule has 3 rings (SSSR count). The van der Waals surface area contributed by atoms with E-state index in [4.69, 9.17) is 27.9 Å². The summed E-state index contributed by atoms with van der Waals surface area (Å²) in [5.41, 5.74) is 3.01. The third kappa shape index (κ3) is 3.80. The van der Waals surface area contributed by atoms with Gasteiger partial charge in [-0.3, -0.25) is 4.79 Å². The number of hydrogen-bond donors (Lipinski definition) is 1. The van der Waals surface area contributed by atoms with Crippen molar-refractivity contribution in [2.75, 3.05) is 13.7 Å². The fourth-order valence-corrected chi connectivity index (χ4v) is 3.61. The highest BCUT2D eigenvalue weighted by Crippen LogP contribution is 2.34. The highest BCUT2D eigenvalue weighted by molar-refractivity contribution is 6.36. The lowest BCUT2D eigenvalue weighted by molar-refractivity contribution is -0.122. The Morgan fingerprint density at radius 3 is 2.32 bits per heavy atom. The van der Waals surface area contributed by atoms with Crippen LogP contribution in [0.2, 0.25) is 10.0 Å². The molecular formula is C19H17Cl2NO3. The Kier molecular flexibility index (Phi) is 5.30. The number of halogens is 2. The van der Waals surface area contributed by atoms with Crippen molar-refractivity contribution in [3.63, 3.8) is 0 Å². The van der Waals surface area contributed by atoms with Gasteiger partial charge >= 0.3 is 5.97 Å². The maximum atomic E-state index is 11.8. The molecule has 1 fully saturated rings. The number of amides is 1. The van der Waals surface area contributed by atoms with Crippen molar-refractivity contribution >= 4 is 35.1 Å². The molecule has 1 aliphatic heterocycles. The van der Waals surface area contributed by atoms with Gasteiger partial charge in [0, 0.05) is 22.5 Å². The number of esters is 1. The van der Waals surface area contributed by atoms with Gasteiger partial charge in [0.15, 0.2) is 0 Å². The Morgan fingerprint density at radius 1 is 1.16 bits per heavy atom. The predicted molar refractivity (Wildman–Crippen MR) is 98.1 cm³/mol. The average molecular weight is 378 g/mol. The molecule has 0 spiro atoms. The molecule has 1 aliphatic rings. The van der Waals surface area contributed by atoms with Gasteiger partial charge in [0.2, 0.25) is 5.91 Å². The van der Waals surface area contributed by atoms with Gasteiger partial charge in [-0.1, -0.05) is 35.3 Å². The van der Waals surface area contributed by atoms with E-state index in [-0.39, 0.29) is 17.8 Å². The van der Waals surface area contributed by atoms with Gasteiger partial charge in [-0.2, -0.15) is 0 Å². The smallest absolute Gasteiger partial charge is 0.337 e. The number of benzene rings is 2. The van der Waals surface area contributed by atoms with E-state index < -0.39 is 0 Å². The van der Waals surface area contributed by atoms with Gasteiger partial charge in [0.05, 0.1) is 12.7 Å². The molecule has 6 heteroatoms. The number of hydrogen-bond acceptors (Lipinski definition) is 3. The minimum absolute atomic E-state index is 0.0506. The van der Waals surface area contributed by atoms with Crippen LogP contribution in [0.15, 0.2) is 36.4 Å². The molecule has 25 heavy (non-hydrogen) atoms. The molecule has 1 atom stereocenters. The van der Waals surface area contributed by atoms with Crippen LogP contribution >= 0.6 is 23.2 Å². The largest absolute Gasteiger partial charge is 0.465 e. The zero-order valence-electron chi connectivity index (χ0n) is 13.6. The normalized spacial score (nSPS) is 16.6. The third-order valence-corrected chi connectivity index (χ3v) is 5.07. The first-order valence-electron chi connectivity index (χ1n) is 7.94. The van der Waals surface area contributed by atoms with E-state index in [1.807, 2.05) is 24.3 Å². The number of methoxy groups -OCH3 is 1. The standard InChI is InChI=1S/C19H17Cl2NO3/c1-25-19(24)12-4-2-11(3-5-12)14-9-16(20)15(17(21)10-14)8-13-6-7-22-18(13)23/h2-5,9-10,13H,6-8H2,1H3,(H,22,23)/t13-/m0/s1. The van der Waals surface area contributed by atoms with Crippen LogP contribution in [-0.4, -0.2) is 25.5 Å². The van der Waals surface area contributed by atoms with Gasteiger partial charge in [-0.25, -0.2) is 4.79 Å². The molecule has 0 aliphatic carbocycles. The van der Waals surface area contributed by atoms with Crippen LogP contribution in [0.25, 0.3) is 11.1 Å². The van der Waals surface area contributed by atoms with Crippen LogP contribution in [0.1, 0.15) is 22.3 Å². The predicted octanol–water partition coefficient (Wildman–Crippen LogP) is 4.13. The lowest BCUT2D eigenvalue weighted by atomic mass is 9.95. The Bertz CT molecular complexity index is 795. The summed E-state index contributed by atoms with van der Waals surface area (Å²) in [6, 6.07) is 10.7. The summed E-state index contributed by atoms with van der Waals surface area (Å²) in [7, 11) is 1.35. The molecule has 0 aromatic heterocycles. The molecule has 4 nitrogen and oxygen atoms in total. The summed E-state index contributed by atoms with van der Waals surface area (Å²) in [5.74, 6) is -0.414. The van der Waals surface area contributed by atoms with Gasteiger partial charge in [0.25, 0.3) is 0 Å². The lowest BCUT2D eigenvalue weighted by Gasteiger charge is -2.13. The molecule has 0 radical (unpaired) electrons. The third-order valence-electron chi connectivity index (χ3n) is 4.39. The van der Waals surface area contributed by atoms with E-state index in [0.717, 1.165) is 23.1 Å². The molecule has 2 aromatic rings.